The molecule has 0 radical (unpaired) electrons. The number of rotatable bonds is 4. The minimum Gasteiger partial charge on any atom is -0.386 e. The highest BCUT2D eigenvalue weighted by Gasteiger charge is 2.15. The number of aromatic nitrogens is 1. The first kappa shape index (κ1) is 14.0. The Morgan fingerprint density at radius 3 is 2.84 bits per heavy atom. The van der Waals surface area contributed by atoms with E-state index in [0.717, 1.165) is 12.0 Å². The number of halogens is 2. The van der Waals surface area contributed by atoms with Gasteiger partial charge in [0.1, 0.15) is 11.9 Å². The van der Waals surface area contributed by atoms with Gasteiger partial charge in [-0.2, -0.15) is 0 Å². The Morgan fingerprint density at radius 2 is 2.11 bits per heavy atom. The SMILES string of the molecule is CCc1cccnc1C(O)Cc1cc(Cl)ccc1F. The van der Waals surface area contributed by atoms with Gasteiger partial charge < -0.3 is 5.11 Å². The van der Waals surface area contributed by atoms with Gasteiger partial charge in [-0.3, -0.25) is 4.98 Å². The maximum atomic E-state index is 13.6. The number of aryl methyl sites for hydroxylation is 1. The molecule has 1 N–H and O–H groups in total. The third-order valence-electron chi connectivity index (χ3n) is 3.04. The van der Waals surface area contributed by atoms with Crippen LogP contribution in [0.3, 0.4) is 0 Å². The second kappa shape index (κ2) is 6.13. The maximum Gasteiger partial charge on any atom is 0.126 e. The van der Waals surface area contributed by atoms with Crippen LogP contribution in [0, 0.1) is 5.82 Å². The average Bonchev–Trinajstić information content (AvgIpc) is 2.42. The number of hydrogen-bond acceptors (Lipinski definition) is 2. The van der Waals surface area contributed by atoms with Crippen LogP contribution in [0.25, 0.3) is 0 Å². The molecule has 1 aromatic carbocycles. The molecule has 0 saturated carbocycles. The topological polar surface area (TPSA) is 33.1 Å². The van der Waals surface area contributed by atoms with E-state index < -0.39 is 6.10 Å². The summed E-state index contributed by atoms with van der Waals surface area (Å²) < 4.78 is 13.6. The summed E-state index contributed by atoms with van der Waals surface area (Å²) in [4.78, 5) is 4.19. The summed E-state index contributed by atoms with van der Waals surface area (Å²) in [5.74, 6) is -0.363. The van der Waals surface area contributed by atoms with Gasteiger partial charge in [0.25, 0.3) is 0 Å². The number of benzene rings is 1. The summed E-state index contributed by atoms with van der Waals surface area (Å²) in [7, 11) is 0. The van der Waals surface area contributed by atoms with E-state index in [4.69, 9.17) is 11.6 Å². The van der Waals surface area contributed by atoms with Gasteiger partial charge in [0, 0.05) is 17.6 Å². The van der Waals surface area contributed by atoms with Crippen molar-refractivity contribution in [3.63, 3.8) is 0 Å². The molecule has 2 nitrogen and oxygen atoms in total. The van der Waals surface area contributed by atoms with Crippen molar-refractivity contribution in [1.29, 1.82) is 0 Å². The van der Waals surface area contributed by atoms with Gasteiger partial charge in [-0.05, 0) is 41.8 Å². The van der Waals surface area contributed by atoms with Crippen LogP contribution >= 0.6 is 11.6 Å². The molecule has 1 aromatic heterocycles. The zero-order chi connectivity index (χ0) is 13.8. The van der Waals surface area contributed by atoms with Crippen molar-refractivity contribution in [3.05, 3.63) is 64.2 Å². The molecule has 0 fully saturated rings. The first-order chi connectivity index (χ1) is 9.11. The number of nitrogens with zero attached hydrogens (tertiary/aromatic N) is 1. The standard InChI is InChI=1S/C15H15ClFNO/c1-2-10-4-3-7-18-15(10)14(19)9-11-8-12(16)5-6-13(11)17/h3-8,14,19H,2,9H2,1H3. The Bertz CT molecular complexity index is 574. The molecule has 0 aliphatic carbocycles. The molecular weight excluding hydrogens is 265 g/mol. The first-order valence-corrected chi connectivity index (χ1v) is 6.55. The fourth-order valence-electron chi connectivity index (χ4n) is 2.05. The maximum absolute atomic E-state index is 13.6. The fraction of sp³-hybridized carbons (Fsp3) is 0.267. The molecular formula is C15H15ClFNO. The molecule has 1 atom stereocenters. The lowest BCUT2D eigenvalue weighted by atomic mass is 10.0. The third kappa shape index (κ3) is 3.31. The smallest absolute Gasteiger partial charge is 0.126 e. The van der Waals surface area contributed by atoms with E-state index in [9.17, 15) is 9.50 Å². The molecule has 1 heterocycles. The molecule has 19 heavy (non-hydrogen) atoms. The Hall–Kier alpha value is -1.45. The summed E-state index contributed by atoms with van der Waals surface area (Å²) in [6, 6.07) is 8.08. The van der Waals surface area contributed by atoms with Gasteiger partial charge in [-0.15, -0.1) is 0 Å². The van der Waals surface area contributed by atoms with Crippen molar-refractivity contribution in [2.75, 3.05) is 0 Å². The zero-order valence-corrected chi connectivity index (χ0v) is 11.4. The molecule has 4 heteroatoms. The van der Waals surface area contributed by atoms with E-state index in [2.05, 4.69) is 4.98 Å². The molecule has 2 rings (SSSR count). The van der Waals surface area contributed by atoms with Gasteiger partial charge in [-0.25, -0.2) is 4.39 Å². The quantitative estimate of drug-likeness (QED) is 0.925. The van der Waals surface area contributed by atoms with Crippen LogP contribution in [-0.2, 0) is 12.8 Å². The van der Waals surface area contributed by atoms with Gasteiger partial charge in [0.2, 0.25) is 0 Å². The van der Waals surface area contributed by atoms with Crippen molar-refractivity contribution in [2.45, 2.75) is 25.9 Å². The molecule has 0 spiro atoms. The van der Waals surface area contributed by atoms with Crippen LogP contribution in [0.2, 0.25) is 5.02 Å². The lowest BCUT2D eigenvalue weighted by molar-refractivity contribution is 0.171. The Kier molecular flexibility index (Phi) is 4.51. The van der Waals surface area contributed by atoms with Crippen molar-refractivity contribution >= 4 is 11.6 Å². The van der Waals surface area contributed by atoms with E-state index in [-0.39, 0.29) is 12.2 Å². The molecule has 0 amide bonds. The minimum absolute atomic E-state index is 0.163. The van der Waals surface area contributed by atoms with Gasteiger partial charge in [0.05, 0.1) is 5.69 Å². The van der Waals surface area contributed by atoms with Crippen LogP contribution in [0.15, 0.2) is 36.5 Å². The first-order valence-electron chi connectivity index (χ1n) is 6.17. The van der Waals surface area contributed by atoms with Gasteiger partial charge >= 0.3 is 0 Å². The molecule has 0 aliphatic rings. The van der Waals surface area contributed by atoms with Crippen molar-refractivity contribution in [3.8, 4) is 0 Å². The summed E-state index contributed by atoms with van der Waals surface area (Å²) >= 11 is 5.84. The highest BCUT2D eigenvalue weighted by atomic mass is 35.5. The molecule has 0 bridgehead atoms. The Labute approximate surface area is 116 Å². The van der Waals surface area contributed by atoms with E-state index in [1.54, 1.807) is 6.20 Å². The third-order valence-corrected chi connectivity index (χ3v) is 3.28. The predicted molar refractivity (Wildman–Crippen MR) is 73.7 cm³/mol. The van der Waals surface area contributed by atoms with Crippen LogP contribution in [0.4, 0.5) is 4.39 Å². The monoisotopic (exact) mass is 279 g/mol. The van der Waals surface area contributed by atoms with Crippen molar-refractivity contribution in [1.82, 2.24) is 4.98 Å². The minimum atomic E-state index is -0.830. The zero-order valence-electron chi connectivity index (χ0n) is 10.6. The molecule has 1 unspecified atom stereocenters. The fourth-order valence-corrected chi connectivity index (χ4v) is 2.25. The second-order valence-electron chi connectivity index (χ2n) is 4.36. The van der Waals surface area contributed by atoms with Crippen LogP contribution in [-0.4, -0.2) is 10.1 Å². The van der Waals surface area contributed by atoms with Crippen LogP contribution < -0.4 is 0 Å². The van der Waals surface area contributed by atoms with Crippen LogP contribution in [0.5, 0.6) is 0 Å². The highest BCUT2D eigenvalue weighted by Crippen LogP contribution is 2.23. The van der Waals surface area contributed by atoms with Gasteiger partial charge in [0.15, 0.2) is 0 Å². The largest absolute Gasteiger partial charge is 0.386 e. The molecule has 0 aliphatic heterocycles. The van der Waals surface area contributed by atoms with Gasteiger partial charge in [-0.1, -0.05) is 24.6 Å². The number of hydrogen-bond donors (Lipinski definition) is 1. The second-order valence-corrected chi connectivity index (χ2v) is 4.79. The van der Waals surface area contributed by atoms with E-state index in [1.807, 2.05) is 19.1 Å². The molecule has 0 saturated heterocycles. The van der Waals surface area contributed by atoms with Crippen molar-refractivity contribution < 1.29 is 9.50 Å². The molecule has 2 aromatic rings. The Morgan fingerprint density at radius 1 is 1.32 bits per heavy atom. The average molecular weight is 280 g/mol. The van der Waals surface area contributed by atoms with E-state index >= 15 is 0 Å². The summed E-state index contributed by atoms with van der Waals surface area (Å²) in [5, 5.41) is 10.7. The lowest BCUT2D eigenvalue weighted by Gasteiger charge is -2.14. The van der Waals surface area contributed by atoms with E-state index in [0.29, 0.717) is 16.3 Å². The lowest BCUT2D eigenvalue weighted by Crippen LogP contribution is -2.08. The van der Waals surface area contributed by atoms with Crippen molar-refractivity contribution in [2.24, 2.45) is 0 Å². The van der Waals surface area contributed by atoms with Crippen LogP contribution in [0.1, 0.15) is 29.8 Å². The summed E-state index contributed by atoms with van der Waals surface area (Å²) in [5.41, 5.74) is 1.97. The highest BCUT2D eigenvalue weighted by molar-refractivity contribution is 6.30. The predicted octanol–water partition coefficient (Wildman–Crippen LogP) is 3.71. The summed E-state index contributed by atoms with van der Waals surface area (Å²) in [6.45, 7) is 1.99. The molecule has 100 valence electrons. The summed E-state index contributed by atoms with van der Waals surface area (Å²) in [6.07, 6.45) is 1.74. The Balaban J connectivity index is 2.25. The van der Waals surface area contributed by atoms with E-state index in [1.165, 1.54) is 18.2 Å². The number of aliphatic hydroxyl groups excluding tert-OH is 1. The normalized spacial score (nSPS) is 12.4. The number of pyridine rings is 1. The number of aliphatic hydroxyl groups is 1.